The van der Waals surface area contributed by atoms with Gasteiger partial charge in [0.25, 0.3) is 5.91 Å². The molecule has 0 aromatic heterocycles. The van der Waals surface area contributed by atoms with E-state index in [2.05, 4.69) is 27.9 Å². The Balaban J connectivity index is 2.26. The molecule has 3 nitrogen and oxygen atoms in total. The molecule has 0 unspecified atom stereocenters. The maximum atomic E-state index is 12.7. The van der Waals surface area contributed by atoms with Gasteiger partial charge in [-0.2, -0.15) is 0 Å². The number of thiocarbonyl (C=S) groups is 1. The van der Waals surface area contributed by atoms with Gasteiger partial charge in [-0.25, -0.2) is 0 Å². The topological polar surface area (TPSA) is 55.1 Å². The summed E-state index contributed by atoms with van der Waals surface area (Å²) < 4.78 is 0.985. The predicted molar refractivity (Wildman–Crippen MR) is 98.6 cm³/mol. The number of hydrogen-bond acceptors (Lipinski definition) is 2. The molecule has 0 aliphatic heterocycles. The third-order valence-corrected chi connectivity index (χ3v) is 6.04. The van der Waals surface area contributed by atoms with Gasteiger partial charge in [-0.3, -0.25) is 4.79 Å². The van der Waals surface area contributed by atoms with Gasteiger partial charge < -0.3 is 11.1 Å². The fourth-order valence-electron chi connectivity index (χ4n) is 2.87. The summed E-state index contributed by atoms with van der Waals surface area (Å²) in [4.78, 5) is 13.1. The maximum absolute atomic E-state index is 12.7. The molecule has 114 valence electrons. The second-order valence-corrected chi connectivity index (χ2v) is 7.27. The minimum Gasteiger partial charge on any atom is -0.391 e. The van der Waals surface area contributed by atoms with E-state index in [-0.39, 0.29) is 5.91 Å². The molecule has 0 radical (unpaired) electrons. The summed E-state index contributed by atoms with van der Waals surface area (Å²) in [7, 11) is 0. The highest BCUT2D eigenvalue weighted by Gasteiger charge is 2.36. The lowest BCUT2D eigenvalue weighted by molar-refractivity contribution is 0.0916. The second kappa shape index (κ2) is 7.05. The Kier molecular flexibility index (Phi) is 5.60. The third kappa shape index (κ3) is 3.74. The fraction of sp³-hybridized carbons (Fsp3) is 0.500. The first-order valence-electron chi connectivity index (χ1n) is 7.34. The molecule has 0 saturated heterocycles. The van der Waals surface area contributed by atoms with Crippen molar-refractivity contribution in [2.24, 2.45) is 5.73 Å². The van der Waals surface area contributed by atoms with Crippen LogP contribution in [0.25, 0.3) is 0 Å². The van der Waals surface area contributed by atoms with Crippen molar-refractivity contribution in [1.82, 2.24) is 5.32 Å². The number of amides is 1. The Morgan fingerprint density at radius 2 is 1.90 bits per heavy atom. The lowest BCUT2D eigenvalue weighted by Gasteiger charge is -2.33. The molecule has 2 rings (SSSR count). The highest BCUT2D eigenvalue weighted by atomic mass is 127. The second-order valence-electron chi connectivity index (χ2n) is 5.75. The van der Waals surface area contributed by atoms with Crippen LogP contribution in [-0.4, -0.2) is 16.4 Å². The zero-order valence-corrected chi connectivity index (χ0v) is 15.2. The van der Waals surface area contributed by atoms with Crippen LogP contribution in [0.3, 0.4) is 0 Å². The van der Waals surface area contributed by atoms with Crippen molar-refractivity contribution in [2.45, 2.75) is 51.0 Å². The standard InChI is InChI=1S/C16H21IN2OS/c1-11-7-6-8-12(13(11)17)14(20)19-16(15(18)21)9-4-2-3-5-10-16/h6-8H,2-5,9-10H2,1H3,(H2,18,21)(H,19,20). The molecule has 0 heterocycles. The Morgan fingerprint density at radius 1 is 1.29 bits per heavy atom. The Hall–Kier alpha value is -0.690. The van der Waals surface area contributed by atoms with Crippen LogP contribution < -0.4 is 11.1 Å². The molecule has 0 spiro atoms. The van der Waals surface area contributed by atoms with Crippen molar-refractivity contribution in [3.63, 3.8) is 0 Å². The van der Waals surface area contributed by atoms with E-state index in [0.717, 1.165) is 34.8 Å². The van der Waals surface area contributed by atoms with Crippen molar-refractivity contribution < 1.29 is 4.79 Å². The Labute approximate surface area is 145 Å². The van der Waals surface area contributed by atoms with Gasteiger partial charge in [0, 0.05) is 3.57 Å². The number of halogens is 1. The number of aryl methyl sites for hydroxylation is 1. The quantitative estimate of drug-likeness (QED) is 0.449. The van der Waals surface area contributed by atoms with Gasteiger partial charge in [-0.05, 0) is 54.0 Å². The summed E-state index contributed by atoms with van der Waals surface area (Å²) in [5.74, 6) is -0.0715. The van der Waals surface area contributed by atoms with Gasteiger partial charge in [0.15, 0.2) is 0 Å². The van der Waals surface area contributed by atoms with Crippen molar-refractivity contribution in [1.29, 1.82) is 0 Å². The van der Waals surface area contributed by atoms with Crippen molar-refractivity contribution in [3.05, 3.63) is 32.9 Å². The molecule has 3 N–H and O–H groups in total. The van der Waals surface area contributed by atoms with E-state index in [0.29, 0.717) is 10.6 Å². The van der Waals surface area contributed by atoms with Crippen molar-refractivity contribution >= 4 is 45.7 Å². The molecule has 1 aromatic rings. The zero-order chi connectivity index (χ0) is 15.5. The fourth-order valence-corrected chi connectivity index (χ4v) is 3.73. The van der Waals surface area contributed by atoms with E-state index in [1.165, 1.54) is 12.8 Å². The van der Waals surface area contributed by atoms with Crippen molar-refractivity contribution in [2.75, 3.05) is 0 Å². The Morgan fingerprint density at radius 3 is 2.48 bits per heavy atom. The van der Waals surface area contributed by atoms with Crippen LogP contribution >= 0.6 is 34.8 Å². The van der Waals surface area contributed by atoms with Crippen LogP contribution in [0.4, 0.5) is 0 Å². The van der Waals surface area contributed by atoms with Crippen LogP contribution in [0.5, 0.6) is 0 Å². The van der Waals surface area contributed by atoms with Crippen LogP contribution in [0.15, 0.2) is 18.2 Å². The monoisotopic (exact) mass is 416 g/mol. The number of nitrogens with one attached hydrogen (secondary N) is 1. The molecule has 21 heavy (non-hydrogen) atoms. The van der Waals surface area contributed by atoms with Crippen LogP contribution in [0.1, 0.15) is 54.4 Å². The molecule has 1 saturated carbocycles. The number of carbonyl (C=O) groups excluding carboxylic acids is 1. The largest absolute Gasteiger partial charge is 0.391 e. The van der Waals surface area contributed by atoms with Gasteiger partial charge in [-0.1, -0.05) is 50.0 Å². The molecule has 1 fully saturated rings. The number of rotatable bonds is 3. The summed E-state index contributed by atoms with van der Waals surface area (Å²) in [6.07, 6.45) is 6.17. The number of nitrogens with two attached hydrogens (primary N) is 1. The summed E-state index contributed by atoms with van der Waals surface area (Å²) >= 11 is 7.50. The molecule has 1 aliphatic rings. The first kappa shape index (κ1) is 16.7. The van der Waals surface area contributed by atoms with Crippen LogP contribution in [0.2, 0.25) is 0 Å². The van der Waals surface area contributed by atoms with E-state index in [1.54, 1.807) is 0 Å². The molecule has 1 amide bonds. The zero-order valence-electron chi connectivity index (χ0n) is 12.2. The van der Waals surface area contributed by atoms with Gasteiger partial charge >= 0.3 is 0 Å². The van der Waals surface area contributed by atoms with Crippen LogP contribution in [0, 0.1) is 10.5 Å². The third-order valence-electron chi connectivity index (χ3n) is 4.22. The molecule has 5 heteroatoms. The summed E-state index contributed by atoms with van der Waals surface area (Å²) in [6.45, 7) is 2.01. The maximum Gasteiger partial charge on any atom is 0.253 e. The lowest BCUT2D eigenvalue weighted by Crippen LogP contribution is -2.56. The average Bonchev–Trinajstić information content (AvgIpc) is 2.68. The normalized spacial score (nSPS) is 17.8. The summed E-state index contributed by atoms with van der Waals surface area (Å²) in [5, 5.41) is 3.15. The molecular weight excluding hydrogens is 395 g/mol. The van der Waals surface area contributed by atoms with Gasteiger partial charge in [0.05, 0.1) is 16.1 Å². The highest BCUT2D eigenvalue weighted by molar-refractivity contribution is 14.1. The minimum atomic E-state index is -0.518. The van der Waals surface area contributed by atoms with Crippen LogP contribution in [-0.2, 0) is 0 Å². The number of benzene rings is 1. The predicted octanol–water partition coefficient (Wildman–Crippen LogP) is 3.71. The number of hydrogen-bond donors (Lipinski definition) is 2. The van der Waals surface area contributed by atoms with E-state index in [4.69, 9.17) is 18.0 Å². The summed E-state index contributed by atoms with van der Waals surface area (Å²) in [6, 6.07) is 5.77. The van der Waals surface area contributed by atoms with Gasteiger partial charge in [0.2, 0.25) is 0 Å². The van der Waals surface area contributed by atoms with Crippen molar-refractivity contribution in [3.8, 4) is 0 Å². The summed E-state index contributed by atoms with van der Waals surface area (Å²) in [5.41, 5.74) is 7.27. The molecule has 0 bridgehead atoms. The molecule has 1 aromatic carbocycles. The molecule has 1 aliphatic carbocycles. The minimum absolute atomic E-state index is 0.0715. The van der Waals surface area contributed by atoms with E-state index >= 15 is 0 Å². The van der Waals surface area contributed by atoms with Gasteiger partial charge in [0.1, 0.15) is 0 Å². The highest BCUT2D eigenvalue weighted by Crippen LogP contribution is 2.28. The molecule has 0 atom stereocenters. The number of carbonyl (C=O) groups is 1. The van der Waals surface area contributed by atoms with Gasteiger partial charge in [-0.15, -0.1) is 0 Å². The first-order chi connectivity index (χ1) is 9.96. The smallest absolute Gasteiger partial charge is 0.253 e. The lowest BCUT2D eigenvalue weighted by atomic mass is 9.89. The SMILES string of the molecule is Cc1cccc(C(=O)NC2(C(N)=S)CCCCCC2)c1I. The average molecular weight is 416 g/mol. The van der Waals surface area contributed by atoms with E-state index < -0.39 is 5.54 Å². The van der Waals surface area contributed by atoms with E-state index in [9.17, 15) is 4.79 Å². The Bertz CT molecular complexity index is 551. The van der Waals surface area contributed by atoms with E-state index in [1.807, 2.05) is 25.1 Å². The molecular formula is C16H21IN2OS. The first-order valence-corrected chi connectivity index (χ1v) is 8.82.